The molecule has 2 aromatic rings. The Morgan fingerprint density at radius 1 is 1.22 bits per heavy atom. The molecule has 0 spiro atoms. The summed E-state index contributed by atoms with van der Waals surface area (Å²) in [6.45, 7) is 1.96. The Balaban J connectivity index is 2.22. The van der Waals surface area contributed by atoms with Crippen LogP contribution in [0.25, 0.3) is 0 Å². The van der Waals surface area contributed by atoms with Crippen molar-refractivity contribution < 1.29 is 22.8 Å². The number of alkyl halides is 3. The van der Waals surface area contributed by atoms with E-state index in [2.05, 4.69) is 31.5 Å². The van der Waals surface area contributed by atoms with Crippen molar-refractivity contribution in [1.82, 2.24) is 4.98 Å². The first kappa shape index (κ1) is 21.4. The number of hydrogen-bond acceptors (Lipinski definition) is 4. The van der Waals surface area contributed by atoms with Gasteiger partial charge in [-0.3, -0.25) is 10.1 Å². The van der Waals surface area contributed by atoms with Gasteiger partial charge in [-0.2, -0.15) is 13.2 Å². The number of amides is 2. The Hall–Kier alpha value is -1.94. The third-order valence-electron chi connectivity index (χ3n) is 3.60. The highest BCUT2D eigenvalue weighted by Gasteiger charge is 2.32. The molecule has 146 valence electrons. The van der Waals surface area contributed by atoms with Gasteiger partial charge >= 0.3 is 12.2 Å². The van der Waals surface area contributed by atoms with Gasteiger partial charge in [0.2, 0.25) is 0 Å². The number of halogens is 4. The topological polar surface area (TPSA) is 71.1 Å². The first-order valence-corrected chi connectivity index (χ1v) is 9.75. The van der Waals surface area contributed by atoms with Gasteiger partial charge in [0.05, 0.1) is 21.2 Å². The summed E-state index contributed by atoms with van der Waals surface area (Å²) in [4.78, 5) is 28.4. The lowest BCUT2D eigenvalue weighted by atomic mass is 10.0. The number of hydrogen-bond donors (Lipinski definition) is 2. The first-order chi connectivity index (χ1) is 12.7. The third kappa shape index (κ3) is 6.31. The molecule has 0 atom stereocenters. The highest BCUT2D eigenvalue weighted by atomic mass is 79.9. The highest BCUT2D eigenvalue weighted by Crippen LogP contribution is 2.32. The molecule has 1 heterocycles. The van der Waals surface area contributed by atoms with E-state index in [1.54, 1.807) is 0 Å². The monoisotopic (exact) mass is 463 g/mol. The van der Waals surface area contributed by atoms with Gasteiger partial charge in [0.25, 0.3) is 0 Å². The molecular formula is C17H17BrF3N3O2S. The standard InChI is InChI=1S/C17H17BrF3N3O2S/c1-2-3-4-5-13(25)11-8-10(17(19,20)21)6-7-12(11)23-15(26)24-16-22-9-14(18)27-16/h6-9H,2-5H2,1H3,(H2,22,23,24,26). The van der Waals surface area contributed by atoms with E-state index < -0.39 is 23.6 Å². The Labute approximate surface area is 166 Å². The first-order valence-electron chi connectivity index (χ1n) is 8.14. The molecule has 27 heavy (non-hydrogen) atoms. The highest BCUT2D eigenvalue weighted by molar-refractivity contribution is 9.11. The molecule has 2 N–H and O–H groups in total. The molecule has 0 aliphatic rings. The average Bonchev–Trinajstić information content (AvgIpc) is 2.99. The number of anilines is 2. The quantitative estimate of drug-likeness (QED) is 0.372. The van der Waals surface area contributed by atoms with E-state index >= 15 is 0 Å². The minimum Gasteiger partial charge on any atom is -0.307 e. The van der Waals surface area contributed by atoms with E-state index in [4.69, 9.17) is 0 Å². The van der Waals surface area contributed by atoms with E-state index in [1.165, 1.54) is 17.5 Å². The van der Waals surface area contributed by atoms with E-state index in [1.807, 2.05) is 6.92 Å². The Bertz CT molecular complexity index is 824. The van der Waals surface area contributed by atoms with Crippen molar-refractivity contribution in [2.45, 2.75) is 38.8 Å². The summed E-state index contributed by atoms with van der Waals surface area (Å²) < 4.78 is 39.7. The van der Waals surface area contributed by atoms with Crippen LogP contribution < -0.4 is 10.6 Å². The number of thiazole rings is 1. The van der Waals surface area contributed by atoms with Crippen molar-refractivity contribution in [3.8, 4) is 0 Å². The van der Waals surface area contributed by atoms with Crippen molar-refractivity contribution >= 4 is 49.9 Å². The Morgan fingerprint density at radius 2 is 1.96 bits per heavy atom. The molecular weight excluding hydrogens is 447 g/mol. The number of ketones is 1. The van der Waals surface area contributed by atoms with E-state index in [-0.39, 0.29) is 17.7 Å². The van der Waals surface area contributed by atoms with Gasteiger partial charge in [-0.15, -0.1) is 0 Å². The predicted molar refractivity (Wildman–Crippen MR) is 102 cm³/mol. The minimum atomic E-state index is -4.58. The van der Waals surface area contributed by atoms with Gasteiger partial charge < -0.3 is 5.32 Å². The van der Waals surface area contributed by atoms with Gasteiger partial charge in [0.15, 0.2) is 10.9 Å². The van der Waals surface area contributed by atoms with Crippen molar-refractivity contribution in [2.75, 3.05) is 10.6 Å². The molecule has 0 radical (unpaired) electrons. The van der Waals surface area contributed by atoms with Crippen molar-refractivity contribution in [2.24, 2.45) is 0 Å². The van der Waals surface area contributed by atoms with Gasteiger partial charge in [0, 0.05) is 12.0 Å². The third-order valence-corrected chi connectivity index (χ3v) is 4.99. The summed E-state index contributed by atoms with van der Waals surface area (Å²) in [6, 6.07) is 2.01. The lowest BCUT2D eigenvalue weighted by Crippen LogP contribution is -2.21. The molecule has 0 unspecified atom stereocenters. The van der Waals surface area contributed by atoms with Crippen molar-refractivity contribution in [1.29, 1.82) is 0 Å². The second kappa shape index (κ2) is 9.32. The maximum Gasteiger partial charge on any atom is 0.416 e. The zero-order valence-corrected chi connectivity index (χ0v) is 16.7. The molecule has 0 saturated carbocycles. The van der Waals surface area contributed by atoms with Crippen LogP contribution in [0.2, 0.25) is 0 Å². The average molecular weight is 464 g/mol. The number of carbonyl (C=O) groups is 2. The van der Waals surface area contributed by atoms with Crippen LogP contribution in [-0.2, 0) is 6.18 Å². The fraction of sp³-hybridized carbons (Fsp3) is 0.353. The Kier molecular flexibility index (Phi) is 7.37. The second-order valence-electron chi connectivity index (χ2n) is 5.69. The van der Waals surface area contributed by atoms with E-state index in [9.17, 15) is 22.8 Å². The lowest BCUT2D eigenvalue weighted by molar-refractivity contribution is -0.137. The zero-order chi connectivity index (χ0) is 20.0. The van der Waals surface area contributed by atoms with Crippen LogP contribution in [0.15, 0.2) is 28.2 Å². The van der Waals surface area contributed by atoms with Crippen molar-refractivity contribution in [3.63, 3.8) is 0 Å². The summed E-state index contributed by atoms with van der Waals surface area (Å²) in [7, 11) is 0. The van der Waals surface area contributed by atoms with Crippen LogP contribution in [-0.4, -0.2) is 16.8 Å². The summed E-state index contributed by atoms with van der Waals surface area (Å²) in [6.07, 6.45) is -0.706. The van der Waals surface area contributed by atoms with Crippen LogP contribution in [0.4, 0.5) is 28.8 Å². The number of aromatic nitrogens is 1. The minimum absolute atomic E-state index is 0.0256. The maximum absolute atomic E-state index is 13.0. The molecule has 0 aliphatic carbocycles. The summed E-state index contributed by atoms with van der Waals surface area (Å²) in [5.74, 6) is -0.443. The molecule has 0 bridgehead atoms. The Morgan fingerprint density at radius 3 is 2.56 bits per heavy atom. The molecule has 0 aliphatic heterocycles. The smallest absolute Gasteiger partial charge is 0.307 e. The molecule has 0 saturated heterocycles. The molecule has 1 aromatic carbocycles. The fourth-order valence-electron chi connectivity index (χ4n) is 2.29. The molecule has 2 amide bonds. The van der Waals surface area contributed by atoms with Crippen molar-refractivity contribution in [3.05, 3.63) is 39.3 Å². The van der Waals surface area contributed by atoms with Gasteiger partial charge in [-0.05, 0) is 40.5 Å². The van der Waals surface area contributed by atoms with Gasteiger partial charge in [0.1, 0.15) is 0 Å². The number of urea groups is 1. The van der Waals surface area contributed by atoms with E-state index in [0.717, 1.165) is 31.0 Å². The molecule has 0 fully saturated rings. The normalized spacial score (nSPS) is 11.3. The summed E-state index contributed by atoms with van der Waals surface area (Å²) in [5.41, 5.74) is -1.06. The molecule has 2 rings (SSSR count). The number of nitrogens with zero attached hydrogens (tertiary/aromatic N) is 1. The van der Waals surface area contributed by atoms with Crippen LogP contribution in [0.5, 0.6) is 0 Å². The van der Waals surface area contributed by atoms with Gasteiger partial charge in [-0.25, -0.2) is 9.78 Å². The maximum atomic E-state index is 13.0. The number of carbonyl (C=O) groups excluding carboxylic acids is 2. The van der Waals surface area contributed by atoms with Crippen LogP contribution >= 0.6 is 27.3 Å². The predicted octanol–water partition coefficient (Wildman–Crippen LogP) is 6.33. The number of benzene rings is 1. The van der Waals surface area contributed by atoms with Crippen LogP contribution in [0, 0.1) is 0 Å². The number of unbranched alkanes of at least 4 members (excludes halogenated alkanes) is 2. The molecule has 5 nitrogen and oxygen atoms in total. The number of Topliss-reactive ketones (excluding diaryl/α,β-unsaturated/α-hetero) is 1. The summed E-state index contributed by atoms with van der Waals surface area (Å²) >= 11 is 4.38. The summed E-state index contributed by atoms with van der Waals surface area (Å²) in [5, 5.41) is 5.21. The van der Waals surface area contributed by atoms with Gasteiger partial charge in [-0.1, -0.05) is 31.1 Å². The largest absolute Gasteiger partial charge is 0.416 e. The fourth-order valence-corrected chi connectivity index (χ4v) is 3.40. The number of nitrogens with one attached hydrogen (secondary N) is 2. The van der Waals surface area contributed by atoms with E-state index in [0.29, 0.717) is 15.3 Å². The molecule has 10 heteroatoms. The van der Waals surface area contributed by atoms with Crippen LogP contribution in [0.1, 0.15) is 48.5 Å². The molecule has 1 aromatic heterocycles. The number of rotatable bonds is 7. The zero-order valence-electron chi connectivity index (χ0n) is 14.3. The SMILES string of the molecule is CCCCCC(=O)c1cc(C(F)(F)F)ccc1NC(=O)Nc1ncc(Br)s1. The lowest BCUT2D eigenvalue weighted by Gasteiger charge is -2.14. The second-order valence-corrected chi connectivity index (χ2v) is 8.10. The van der Waals surface area contributed by atoms with Crippen LogP contribution in [0.3, 0.4) is 0 Å².